The second-order valence-corrected chi connectivity index (χ2v) is 9.07. The van der Waals surface area contributed by atoms with Crippen molar-refractivity contribution in [3.8, 4) is 0 Å². The first kappa shape index (κ1) is 18.0. The Morgan fingerprint density at radius 1 is 1.40 bits per heavy atom. The molecular formula is C17H21N3O3S2. The van der Waals surface area contributed by atoms with Gasteiger partial charge >= 0.3 is 0 Å². The van der Waals surface area contributed by atoms with E-state index in [0.29, 0.717) is 24.5 Å². The molecule has 25 heavy (non-hydrogen) atoms. The number of amides is 1. The van der Waals surface area contributed by atoms with Gasteiger partial charge in [0.15, 0.2) is 5.13 Å². The summed E-state index contributed by atoms with van der Waals surface area (Å²) in [6, 6.07) is 7.48. The van der Waals surface area contributed by atoms with Gasteiger partial charge in [-0.25, -0.2) is 17.7 Å². The molecule has 1 saturated heterocycles. The number of thiazole rings is 1. The molecule has 0 radical (unpaired) electrons. The number of nitrogens with one attached hydrogen (secondary N) is 1. The van der Waals surface area contributed by atoms with E-state index >= 15 is 0 Å². The van der Waals surface area contributed by atoms with Crippen molar-refractivity contribution in [1.29, 1.82) is 0 Å². The van der Waals surface area contributed by atoms with Crippen LogP contribution in [0.4, 0.5) is 5.13 Å². The molecule has 134 valence electrons. The van der Waals surface area contributed by atoms with E-state index in [1.807, 2.05) is 31.2 Å². The Hall–Kier alpha value is -1.77. The first-order valence-corrected chi connectivity index (χ1v) is 10.7. The molecule has 1 aromatic carbocycles. The zero-order valence-electron chi connectivity index (χ0n) is 14.0. The minimum absolute atomic E-state index is 0.0273. The number of carbonyl (C=O) groups is 1. The largest absolute Gasteiger partial charge is 0.302 e. The number of aryl methyl sites for hydroxylation is 1. The molecule has 1 N–H and O–H groups in total. The van der Waals surface area contributed by atoms with E-state index in [1.54, 1.807) is 11.6 Å². The summed E-state index contributed by atoms with van der Waals surface area (Å²) in [4.78, 5) is 16.4. The Balaban J connectivity index is 1.67. The van der Waals surface area contributed by atoms with Crippen LogP contribution in [-0.2, 0) is 20.6 Å². The van der Waals surface area contributed by atoms with Gasteiger partial charge in [0, 0.05) is 24.7 Å². The molecule has 3 rings (SSSR count). The van der Waals surface area contributed by atoms with Crippen molar-refractivity contribution in [2.75, 3.05) is 18.4 Å². The summed E-state index contributed by atoms with van der Waals surface area (Å²) in [7, 11) is -3.45. The van der Waals surface area contributed by atoms with Crippen molar-refractivity contribution in [1.82, 2.24) is 9.29 Å². The molecular weight excluding hydrogens is 358 g/mol. The minimum atomic E-state index is -3.45. The molecule has 1 unspecified atom stereocenters. The highest BCUT2D eigenvalue weighted by atomic mass is 32.2. The fourth-order valence-electron chi connectivity index (χ4n) is 2.96. The van der Waals surface area contributed by atoms with E-state index in [9.17, 15) is 13.2 Å². The average Bonchev–Trinajstić information content (AvgIpc) is 3.10. The summed E-state index contributed by atoms with van der Waals surface area (Å²) in [6.45, 7) is 2.60. The molecule has 0 aliphatic carbocycles. The van der Waals surface area contributed by atoms with Gasteiger partial charge in [-0.05, 0) is 30.9 Å². The Kier molecular flexibility index (Phi) is 5.51. The molecule has 8 heteroatoms. The highest BCUT2D eigenvalue weighted by molar-refractivity contribution is 7.88. The van der Waals surface area contributed by atoms with Crippen molar-refractivity contribution < 1.29 is 13.2 Å². The van der Waals surface area contributed by atoms with Crippen LogP contribution >= 0.6 is 11.3 Å². The Morgan fingerprint density at radius 3 is 2.92 bits per heavy atom. The van der Waals surface area contributed by atoms with Gasteiger partial charge in [-0.1, -0.05) is 24.3 Å². The topological polar surface area (TPSA) is 79.4 Å². The van der Waals surface area contributed by atoms with Gasteiger partial charge < -0.3 is 5.32 Å². The minimum Gasteiger partial charge on any atom is -0.302 e. The monoisotopic (exact) mass is 379 g/mol. The second-order valence-electron chi connectivity index (χ2n) is 6.21. The molecule has 0 bridgehead atoms. The summed E-state index contributed by atoms with van der Waals surface area (Å²) >= 11 is 1.35. The lowest BCUT2D eigenvalue weighted by molar-refractivity contribution is -0.120. The van der Waals surface area contributed by atoms with Crippen LogP contribution in [0.5, 0.6) is 0 Å². The SMILES string of the molecule is Cc1ccccc1CS(=O)(=O)N1CCCC(C(=O)Nc2nccs2)C1. The number of anilines is 1. The number of hydrogen-bond donors (Lipinski definition) is 1. The molecule has 2 aromatic rings. The maximum absolute atomic E-state index is 12.8. The highest BCUT2D eigenvalue weighted by Crippen LogP contribution is 2.24. The summed E-state index contributed by atoms with van der Waals surface area (Å²) in [5.41, 5.74) is 1.76. The van der Waals surface area contributed by atoms with E-state index in [-0.39, 0.29) is 24.1 Å². The molecule has 1 aromatic heterocycles. The quantitative estimate of drug-likeness (QED) is 0.866. The van der Waals surface area contributed by atoms with E-state index < -0.39 is 10.0 Å². The van der Waals surface area contributed by atoms with Gasteiger partial charge in [-0.2, -0.15) is 0 Å². The fraction of sp³-hybridized carbons (Fsp3) is 0.412. The van der Waals surface area contributed by atoms with Crippen LogP contribution in [0.2, 0.25) is 0 Å². The van der Waals surface area contributed by atoms with Crippen LogP contribution in [-0.4, -0.2) is 36.7 Å². The van der Waals surface area contributed by atoms with Gasteiger partial charge in [0.1, 0.15) is 0 Å². The lowest BCUT2D eigenvalue weighted by Gasteiger charge is -2.31. The lowest BCUT2D eigenvalue weighted by atomic mass is 9.99. The molecule has 1 amide bonds. The van der Waals surface area contributed by atoms with Crippen LogP contribution in [0.25, 0.3) is 0 Å². The summed E-state index contributed by atoms with van der Waals surface area (Å²) in [5, 5.41) is 5.10. The first-order chi connectivity index (χ1) is 12.0. The molecule has 1 aliphatic rings. The van der Waals surface area contributed by atoms with Gasteiger partial charge in [-0.15, -0.1) is 11.3 Å². The summed E-state index contributed by atoms with van der Waals surface area (Å²) in [6.07, 6.45) is 3.00. The fourth-order valence-corrected chi connectivity index (χ4v) is 5.21. The average molecular weight is 380 g/mol. The highest BCUT2D eigenvalue weighted by Gasteiger charge is 2.32. The number of benzene rings is 1. The molecule has 1 aliphatic heterocycles. The predicted octanol–water partition coefficient (Wildman–Crippen LogP) is 2.63. The maximum atomic E-state index is 12.8. The van der Waals surface area contributed by atoms with Crippen molar-refractivity contribution in [3.05, 3.63) is 47.0 Å². The molecule has 0 saturated carbocycles. The van der Waals surface area contributed by atoms with Crippen LogP contribution < -0.4 is 5.32 Å². The summed E-state index contributed by atoms with van der Waals surface area (Å²) < 4.78 is 27.0. The number of rotatable bonds is 5. The maximum Gasteiger partial charge on any atom is 0.230 e. The molecule has 1 atom stereocenters. The van der Waals surface area contributed by atoms with E-state index in [1.165, 1.54) is 15.6 Å². The smallest absolute Gasteiger partial charge is 0.230 e. The third-order valence-corrected chi connectivity index (χ3v) is 6.89. The number of aromatic nitrogens is 1. The van der Waals surface area contributed by atoms with E-state index in [2.05, 4.69) is 10.3 Å². The third-order valence-electron chi connectivity index (χ3n) is 4.41. The number of sulfonamides is 1. The molecule has 1 fully saturated rings. The Morgan fingerprint density at radius 2 is 2.20 bits per heavy atom. The van der Waals surface area contributed by atoms with E-state index in [0.717, 1.165) is 11.1 Å². The van der Waals surface area contributed by atoms with Crippen molar-refractivity contribution in [2.45, 2.75) is 25.5 Å². The second kappa shape index (κ2) is 7.63. The normalized spacial score (nSPS) is 18.8. The molecule has 2 heterocycles. The van der Waals surface area contributed by atoms with Crippen molar-refractivity contribution >= 4 is 32.4 Å². The zero-order valence-corrected chi connectivity index (χ0v) is 15.6. The third kappa shape index (κ3) is 4.45. The molecule has 0 spiro atoms. The van der Waals surface area contributed by atoms with Crippen LogP contribution in [0, 0.1) is 12.8 Å². The number of carbonyl (C=O) groups excluding carboxylic acids is 1. The number of piperidine rings is 1. The van der Waals surface area contributed by atoms with Gasteiger partial charge in [0.2, 0.25) is 15.9 Å². The van der Waals surface area contributed by atoms with Crippen molar-refractivity contribution in [3.63, 3.8) is 0 Å². The lowest BCUT2D eigenvalue weighted by Crippen LogP contribution is -2.44. The first-order valence-electron chi connectivity index (χ1n) is 8.18. The van der Waals surface area contributed by atoms with E-state index in [4.69, 9.17) is 0 Å². The van der Waals surface area contributed by atoms with Gasteiger partial charge in [-0.3, -0.25) is 4.79 Å². The zero-order chi connectivity index (χ0) is 17.9. The number of hydrogen-bond acceptors (Lipinski definition) is 5. The Bertz CT molecular complexity index is 835. The standard InChI is InChI=1S/C17H21N3O3S2/c1-13-5-2-3-6-15(13)12-25(22,23)20-9-4-7-14(11-20)16(21)19-17-18-8-10-24-17/h2-3,5-6,8,10,14H,4,7,9,11-12H2,1H3,(H,18,19,21). The predicted molar refractivity (Wildman–Crippen MR) is 98.8 cm³/mol. The van der Waals surface area contributed by atoms with Crippen LogP contribution in [0.1, 0.15) is 24.0 Å². The van der Waals surface area contributed by atoms with Gasteiger partial charge in [0.05, 0.1) is 11.7 Å². The molecule has 6 nitrogen and oxygen atoms in total. The van der Waals surface area contributed by atoms with Crippen molar-refractivity contribution in [2.24, 2.45) is 5.92 Å². The number of nitrogens with zero attached hydrogens (tertiary/aromatic N) is 2. The Labute approximate surface area is 151 Å². The summed E-state index contributed by atoms with van der Waals surface area (Å²) in [5.74, 6) is -0.532. The van der Waals surface area contributed by atoms with Crippen LogP contribution in [0.15, 0.2) is 35.8 Å². The van der Waals surface area contributed by atoms with Gasteiger partial charge in [0.25, 0.3) is 0 Å². The van der Waals surface area contributed by atoms with Crippen LogP contribution in [0.3, 0.4) is 0 Å².